The number of sulfonamides is 1. The first-order chi connectivity index (χ1) is 15.6. The van der Waals surface area contributed by atoms with Gasteiger partial charge in [-0.3, -0.25) is 9.69 Å². The van der Waals surface area contributed by atoms with Crippen molar-refractivity contribution >= 4 is 15.9 Å². The van der Waals surface area contributed by atoms with Gasteiger partial charge in [0.1, 0.15) is 11.9 Å². The summed E-state index contributed by atoms with van der Waals surface area (Å²) in [6.45, 7) is 0.104. The lowest BCUT2D eigenvalue weighted by Crippen LogP contribution is -2.52. The number of carbonyl (C=O) groups is 1. The smallest absolute Gasteiger partial charge is 0.352 e. The molecule has 0 unspecified atom stereocenters. The third-order valence-corrected chi connectivity index (χ3v) is 7.76. The summed E-state index contributed by atoms with van der Waals surface area (Å²) in [6.07, 6.45) is -3.04. The van der Waals surface area contributed by atoms with Gasteiger partial charge in [-0.15, -0.1) is 0 Å². The van der Waals surface area contributed by atoms with Crippen LogP contribution < -0.4 is 5.32 Å². The highest BCUT2D eigenvalue weighted by Crippen LogP contribution is 2.35. The van der Waals surface area contributed by atoms with Crippen LogP contribution in [0.4, 0.5) is 17.6 Å². The summed E-state index contributed by atoms with van der Waals surface area (Å²) in [4.78, 5) is 13.9. The molecular weight excluding hydrogens is 462 g/mol. The number of halogens is 4. The molecule has 2 aromatic rings. The monoisotopic (exact) mass is 485 g/mol. The summed E-state index contributed by atoms with van der Waals surface area (Å²) in [5.41, 5.74) is -0.645. The molecule has 33 heavy (non-hydrogen) atoms. The Morgan fingerprint density at radius 3 is 2.15 bits per heavy atom. The first-order valence-electron chi connectivity index (χ1n) is 10.5. The molecule has 1 saturated heterocycles. The summed E-state index contributed by atoms with van der Waals surface area (Å²) in [6, 6.07) is 8.97. The summed E-state index contributed by atoms with van der Waals surface area (Å²) < 4.78 is 80.5. The van der Waals surface area contributed by atoms with Crippen molar-refractivity contribution in [1.82, 2.24) is 14.5 Å². The van der Waals surface area contributed by atoms with Crippen molar-refractivity contribution in [3.05, 3.63) is 65.5 Å². The number of benzene rings is 2. The highest BCUT2D eigenvalue weighted by molar-refractivity contribution is 7.89. The minimum absolute atomic E-state index is 0.0804. The molecule has 4 rings (SSSR count). The van der Waals surface area contributed by atoms with Gasteiger partial charge in [-0.05, 0) is 42.7 Å². The van der Waals surface area contributed by atoms with Crippen LogP contribution in [-0.2, 0) is 21.0 Å². The molecule has 2 aromatic carbocycles. The molecule has 2 aliphatic rings. The molecule has 1 heterocycles. The number of carbonyl (C=O) groups excluding carboxylic acids is 1. The van der Waals surface area contributed by atoms with Crippen LogP contribution in [0.3, 0.4) is 0 Å². The van der Waals surface area contributed by atoms with Crippen molar-refractivity contribution in [2.75, 3.05) is 26.2 Å². The number of hydrogen-bond donors (Lipinski definition) is 1. The molecule has 178 valence electrons. The molecule has 6 nitrogen and oxygen atoms in total. The Labute approximate surface area is 189 Å². The van der Waals surface area contributed by atoms with Gasteiger partial charge in [0, 0.05) is 32.2 Å². The average molecular weight is 486 g/mol. The van der Waals surface area contributed by atoms with Gasteiger partial charge in [0.05, 0.1) is 10.5 Å². The molecule has 0 bridgehead atoms. The van der Waals surface area contributed by atoms with E-state index in [0.717, 1.165) is 35.3 Å². The van der Waals surface area contributed by atoms with E-state index in [9.17, 15) is 30.8 Å². The summed E-state index contributed by atoms with van der Waals surface area (Å²) in [7, 11) is -4.39. The molecule has 0 spiro atoms. The Hall–Kier alpha value is -2.50. The average Bonchev–Trinajstić information content (AvgIpc) is 3.59. The van der Waals surface area contributed by atoms with E-state index in [0.29, 0.717) is 5.56 Å². The first-order valence-corrected chi connectivity index (χ1v) is 12.0. The molecule has 1 saturated carbocycles. The minimum Gasteiger partial charge on any atom is -0.352 e. The van der Waals surface area contributed by atoms with Crippen LogP contribution in [0.5, 0.6) is 0 Å². The van der Waals surface area contributed by atoms with Crippen LogP contribution in [0.15, 0.2) is 53.4 Å². The van der Waals surface area contributed by atoms with Crippen LogP contribution in [0.25, 0.3) is 0 Å². The Balaban J connectivity index is 1.54. The lowest BCUT2D eigenvalue weighted by Gasteiger charge is -2.38. The fraction of sp³-hybridized carbons (Fsp3) is 0.409. The minimum atomic E-state index is -4.81. The predicted molar refractivity (Wildman–Crippen MR) is 112 cm³/mol. The predicted octanol–water partition coefficient (Wildman–Crippen LogP) is 3.17. The van der Waals surface area contributed by atoms with Crippen LogP contribution in [0, 0.1) is 5.82 Å². The zero-order valence-corrected chi connectivity index (χ0v) is 18.4. The fourth-order valence-corrected chi connectivity index (χ4v) is 5.58. The van der Waals surface area contributed by atoms with Crippen molar-refractivity contribution in [2.45, 2.75) is 36.0 Å². The molecular formula is C22H23F4N3O3S. The zero-order valence-electron chi connectivity index (χ0n) is 17.6. The van der Waals surface area contributed by atoms with Gasteiger partial charge in [-0.2, -0.15) is 17.5 Å². The number of alkyl halides is 3. The maximum atomic E-state index is 13.4. The van der Waals surface area contributed by atoms with Crippen molar-refractivity contribution in [2.24, 2.45) is 0 Å². The van der Waals surface area contributed by atoms with Gasteiger partial charge < -0.3 is 5.32 Å². The molecule has 1 N–H and O–H groups in total. The highest BCUT2D eigenvalue weighted by Gasteiger charge is 2.41. The van der Waals surface area contributed by atoms with Crippen molar-refractivity contribution in [3.8, 4) is 0 Å². The molecule has 2 fully saturated rings. The van der Waals surface area contributed by atoms with Gasteiger partial charge >= 0.3 is 6.18 Å². The van der Waals surface area contributed by atoms with Crippen molar-refractivity contribution in [1.29, 1.82) is 0 Å². The molecule has 1 aliphatic heterocycles. The standard InChI is InChI=1S/C22H23F4N3O3S/c23-16-7-5-15(6-8-16)20(21(30)27-17-9-10-17)28-11-13-29(14-12-28)33(31,32)19-4-2-1-3-18(19)22(24,25)26/h1-8,17,20H,9-14H2,(H,27,30)/t20-/m0/s1. The molecule has 0 radical (unpaired) electrons. The van der Waals surface area contributed by atoms with Gasteiger partial charge in [-0.25, -0.2) is 12.8 Å². The van der Waals surface area contributed by atoms with Gasteiger partial charge in [0.25, 0.3) is 0 Å². The van der Waals surface area contributed by atoms with Crippen LogP contribution in [-0.4, -0.2) is 55.8 Å². The summed E-state index contributed by atoms with van der Waals surface area (Å²) in [5, 5.41) is 2.92. The first kappa shape index (κ1) is 23.7. The van der Waals surface area contributed by atoms with Crippen molar-refractivity contribution in [3.63, 3.8) is 0 Å². The lowest BCUT2D eigenvalue weighted by molar-refractivity contribution is -0.140. The number of amides is 1. The Bertz CT molecular complexity index is 1110. The topological polar surface area (TPSA) is 69.7 Å². The quantitative estimate of drug-likeness (QED) is 0.639. The van der Waals surface area contributed by atoms with E-state index in [1.807, 2.05) is 0 Å². The van der Waals surface area contributed by atoms with E-state index >= 15 is 0 Å². The molecule has 11 heteroatoms. The highest BCUT2D eigenvalue weighted by atomic mass is 32.2. The molecule has 1 atom stereocenters. The van der Waals surface area contributed by atoms with E-state index in [1.165, 1.54) is 30.3 Å². The normalized spacial score (nSPS) is 19.3. The largest absolute Gasteiger partial charge is 0.417 e. The van der Waals surface area contributed by atoms with E-state index in [-0.39, 0.29) is 38.1 Å². The zero-order chi connectivity index (χ0) is 23.8. The van der Waals surface area contributed by atoms with Crippen LogP contribution >= 0.6 is 0 Å². The van der Waals surface area contributed by atoms with Gasteiger partial charge in [0.2, 0.25) is 15.9 Å². The number of rotatable bonds is 6. The Kier molecular flexibility index (Phi) is 6.47. The second-order valence-electron chi connectivity index (χ2n) is 8.17. The van der Waals surface area contributed by atoms with E-state index in [1.54, 1.807) is 4.90 Å². The SMILES string of the molecule is O=C(NC1CC1)[C@H](c1ccc(F)cc1)N1CCN(S(=O)(=O)c2ccccc2C(F)(F)F)CC1. The summed E-state index contributed by atoms with van der Waals surface area (Å²) >= 11 is 0. The lowest BCUT2D eigenvalue weighted by atomic mass is 10.0. The van der Waals surface area contributed by atoms with Gasteiger partial charge in [0.15, 0.2) is 0 Å². The van der Waals surface area contributed by atoms with Crippen molar-refractivity contribution < 1.29 is 30.8 Å². The number of nitrogens with one attached hydrogen (secondary N) is 1. The van der Waals surface area contributed by atoms with Crippen LogP contribution in [0.1, 0.15) is 30.0 Å². The van der Waals surface area contributed by atoms with Gasteiger partial charge in [-0.1, -0.05) is 24.3 Å². The van der Waals surface area contributed by atoms with E-state index in [2.05, 4.69) is 5.32 Å². The number of nitrogens with zero attached hydrogens (tertiary/aromatic N) is 2. The summed E-state index contributed by atoms with van der Waals surface area (Å²) in [5.74, 6) is -0.706. The fourth-order valence-electron chi connectivity index (χ4n) is 3.95. The Morgan fingerprint density at radius 1 is 0.970 bits per heavy atom. The van der Waals surface area contributed by atoms with E-state index < -0.39 is 38.5 Å². The number of hydrogen-bond acceptors (Lipinski definition) is 4. The second kappa shape index (κ2) is 9.03. The third-order valence-electron chi connectivity index (χ3n) is 5.81. The second-order valence-corrected chi connectivity index (χ2v) is 10.1. The number of piperazine rings is 1. The van der Waals surface area contributed by atoms with E-state index in [4.69, 9.17) is 0 Å². The third kappa shape index (κ3) is 5.20. The molecule has 1 aliphatic carbocycles. The molecule has 1 amide bonds. The maximum absolute atomic E-state index is 13.4. The maximum Gasteiger partial charge on any atom is 0.417 e. The van der Waals surface area contributed by atoms with Crippen LogP contribution in [0.2, 0.25) is 0 Å². The Morgan fingerprint density at radius 2 is 1.58 bits per heavy atom. The molecule has 0 aromatic heterocycles.